The number of piperazine rings is 1. The van der Waals surface area contributed by atoms with Crippen molar-refractivity contribution in [1.29, 1.82) is 0 Å². The predicted molar refractivity (Wildman–Crippen MR) is 98.0 cm³/mol. The Morgan fingerprint density at radius 2 is 1.77 bits per heavy atom. The van der Waals surface area contributed by atoms with Crippen molar-refractivity contribution in [3.8, 4) is 0 Å². The van der Waals surface area contributed by atoms with E-state index in [9.17, 15) is 13.6 Å². The molecule has 1 heterocycles. The Labute approximate surface area is 152 Å². The molecular formula is C20H23F2N3O. The second kappa shape index (κ2) is 8.27. The lowest BCUT2D eigenvalue weighted by Crippen LogP contribution is -2.49. The SMILES string of the molecule is C[C@H](NC(=O)CN1CCN(c2ccccc2)CC1)c1ccc(F)cc1F. The topological polar surface area (TPSA) is 35.6 Å². The van der Waals surface area contributed by atoms with E-state index in [1.807, 2.05) is 18.2 Å². The Balaban J connectivity index is 1.48. The number of amides is 1. The van der Waals surface area contributed by atoms with Gasteiger partial charge in [-0.1, -0.05) is 24.3 Å². The van der Waals surface area contributed by atoms with E-state index in [2.05, 4.69) is 27.2 Å². The molecule has 1 N–H and O–H groups in total. The molecule has 0 spiro atoms. The highest BCUT2D eigenvalue weighted by Crippen LogP contribution is 2.18. The minimum atomic E-state index is -0.644. The van der Waals surface area contributed by atoms with Gasteiger partial charge in [0.05, 0.1) is 12.6 Å². The summed E-state index contributed by atoms with van der Waals surface area (Å²) in [7, 11) is 0. The summed E-state index contributed by atoms with van der Waals surface area (Å²) in [4.78, 5) is 16.6. The smallest absolute Gasteiger partial charge is 0.234 e. The minimum Gasteiger partial charge on any atom is -0.369 e. The summed E-state index contributed by atoms with van der Waals surface area (Å²) >= 11 is 0. The number of carbonyl (C=O) groups excluding carboxylic acids is 1. The van der Waals surface area contributed by atoms with Crippen LogP contribution in [0.1, 0.15) is 18.5 Å². The van der Waals surface area contributed by atoms with Crippen LogP contribution < -0.4 is 10.2 Å². The number of nitrogens with one attached hydrogen (secondary N) is 1. The average Bonchev–Trinajstić information content (AvgIpc) is 2.63. The molecule has 1 fully saturated rings. The molecule has 0 radical (unpaired) electrons. The summed E-state index contributed by atoms with van der Waals surface area (Å²) in [6.45, 7) is 5.28. The number of rotatable bonds is 5. The highest BCUT2D eigenvalue weighted by atomic mass is 19.1. The van der Waals surface area contributed by atoms with Gasteiger partial charge in [0.2, 0.25) is 5.91 Å². The van der Waals surface area contributed by atoms with Crippen molar-refractivity contribution in [3.63, 3.8) is 0 Å². The third kappa shape index (κ3) is 4.58. The molecule has 2 aromatic carbocycles. The van der Waals surface area contributed by atoms with Gasteiger partial charge >= 0.3 is 0 Å². The molecule has 0 saturated carbocycles. The Hall–Kier alpha value is -2.47. The summed E-state index contributed by atoms with van der Waals surface area (Å²) in [6, 6.07) is 13.1. The minimum absolute atomic E-state index is 0.158. The van der Waals surface area contributed by atoms with Crippen molar-refractivity contribution in [2.45, 2.75) is 13.0 Å². The van der Waals surface area contributed by atoms with Gasteiger partial charge in [-0.3, -0.25) is 9.69 Å². The van der Waals surface area contributed by atoms with Crippen molar-refractivity contribution < 1.29 is 13.6 Å². The standard InChI is InChI=1S/C20H23F2N3O/c1-15(18-8-7-16(21)13-19(18)22)23-20(26)14-24-9-11-25(12-10-24)17-5-3-2-4-6-17/h2-8,13,15H,9-12,14H2,1H3,(H,23,26)/t15-/m0/s1. The van der Waals surface area contributed by atoms with Crippen molar-refractivity contribution in [2.24, 2.45) is 0 Å². The molecule has 0 bridgehead atoms. The first-order valence-corrected chi connectivity index (χ1v) is 8.79. The normalized spacial score (nSPS) is 16.3. The molecule has 0 aromatic heterocycles. The van der Waals surface area contributed by atoms with Gasteiger partial charge in [-0.2, -0.15) is 0 Å². The average molecular weight is 359 g/mol. The summed E-state index contributed by atoms with van der Waals surface area (Å²) < 4.78 is 26.8. The molecule has 0 unspecified atom stereocenters. The number of halogens is 2. The highest BCUT2D eigenvalue weighted by molar-refractivity contribution is 5.78. The maximum atomic E-state index is 13.8. The first-order chi connectivity index (χ1) is 12.5. The van der Waals surface area contributed by atoms with Gasteiger partial charge in [0.15, 0.2) is 0 Å². The number of carbonyl (C=O) groups is 1. The molecule has 138 valence electrons. The van der Waals surface area contributed by atoms with Crippen LogP contribution in [0.4, 0.5) is 14.5 Å². The Bertz CT molecular complexity index is 746. The number of nitrogens with zero attached hydrogens (tertiary/aromatic N) is 2. The molecule has 1 amide bonds. The largest absolute Gasteiger partial charge is 0.369 e. The number of hydrogen-bond acceptors (Lipinski definition) is 3. The highest BCUT2D eigenvalue weighted by Gasteiger charge is 2.20. The molecule has 1 saturated heterocycles. The van der Waals surface area contributed by atoms with Gasteiger partial charge in [0.25, 0.3) is 0 Å². The fourth-order valence-corrected chi connectivity index (χ4v) is 3.22. The predicted octanol–water partition coefficient (Wildman–Crippen LogP) is 2.96. The number of benzene rings is 2. The number of anilines is 1. The van der Waals surface area contributed by atoms with E-state index in [-0.39, 0.29) is 18.0 Å². The molecule has 6 heteroatoms. The van der Waals surface area contributed by atoms with E-state index in [0.29, 0.717) is 0 Å². The van der Waals surface area contributed by atoms with Crippen LogP contribution in [0.5, 0.6) is 0 Å². The zero-order chi connectivity index (χ0) is 18.5. The molecular weight excluding hydrogens is 336 g/mol. The maximum absolute atomic E-state index is 13.8. The van der Waals surface area contributed by atoms with Crippen LogP contribution in [0, 0.1) is 11.6 Å². The number of para-hydroxylation sites is 1. The quantitative estimate of drug-likeness (QED) is 0.892. The molecule has 1 aliphatic heterocycles. The lowest BCUT2D eigenvalue weighted by Gasteiger charge is -2.35. The molecule has 2 aromatic rings. The Morgan fingerprint density at radius 3 is 2.42 bits per heavy atom. The van der Waals surface area contributed by atoms with Crippen LogP contribution in [-0.2, 0) is 4.79 Å². The van der Waals surface area contributed by atoms with Gasteiger partial charge in [-0.15, -0.1) is 0 Å². The molecule has 4 nitrogen and oxygen atoms in total. The van der Waals surface area contributed by atoms with Gasteiger partial charge in [0, 0.05) is 43.5 Å². The van der Waals surface area contributed by atoms with Crippen LogP contribution in [0.3, 0.4) is 0 Å². The third-order valence-corrected chi connectivity index (χ3v) is 4.67. The lowest BCUT2D eigenvalue weighted by molar-refractivity contribution is -0.123. The first kappa shape index (κ1) is 18.3. The maximum Gasteiger partial charge on any atom is 0.234 e. The molecule has 1 atom stereocenters. The van der Waals surface area contributed by atoms with E-state index in [1.165, 1.54) is 17.8 Å². The van der Waals surface area contributed by atoms with Crippen LogP contribution in [0.25, 0.3) is 0 Å². The summed E-state index contributed by atoms with van der Waals surface area (Å²) in [5.41, 5.74) is 1.48. The van der Waals surface area contributed by atoms with Crippen molar-refractivity contribution in [3.05, 3.63) is 65.7 Å². The number of hydrogen-bond donors (Lipinski definition) is 1. The summed E-state index contributed by atoms with van der Waals surface area (Å²) in [5, 5.41) is 2.79. The van der Waals surface area contributed by atoms with Crippen LogP contribution in [-0.4, -0.2) is 43.5 Å². The molecule has 1 aliphatic rings. The van der Waals surface area contributed by atoms with Crippen LogP contribution >= 0.6 is 0 Å². The van der Waals surface area contributed by atoms with Crippen molar-refractivity contribution in [1.82, 2.24) is 10.2 Å². The van der Waals surface area contributed by atoms with E-state index in [0.717, 1.165) is 32.2 Å². The fourth-order valence-electron chi connectivity index (χ4n) is 3.22. The van der Waals surface area contributed by atoms with Gasteiger partial charge in [-0.25, -0.2) is 8.78 Å². The second-order valence-electron chi connectivity index (χ2n) is 6.55. The third-order valence-electron chi connectivity index (χ3n) is 4.67. The molecule has 26 heavy (non-hydrogen) atoms. The van der Waals surface area contributed by atoms with Crippen molar-refractivity contribution >= 4 is 11.6 Å². The van der Waals surface area contributed by atoms with E-state index in [1.54, 1.807) is 6.92 Å². The van der Waals surface area contributed by atoms with E-state index in [4.69, 9.17) is 0 Å². The lowest BCUT2D eigenvalue weighted by atomic mass is 10.1. The Morgan fingerprint density at radius 1 is 1.08 bits per heavy atom. The zero-order valence-corrected chi connectivity index (χ0v) is 14.8. The first-order valence-electron chi connectivity index (χ1n) is 8.79. The van der Waals surface area contributed by atoms with E-state index < -0.39 is 17.7 Å². The monoisotopic (exact) mass is 359 g/mol. The van der Waals surface area contributed by atoms with Gasteiger partial charge in [0.1, 0.15) is 11.6 Å². The van der Waals surface area contributed by atoms with Crippen molar-refractivity contribution in [2.75, 3.05) is 37.6 Å². The Kier molecular flexibility index (Phi) is 5.83. The summed E-state index contributed by atoms with van der Waals surface area (Å²) in [5.74, 6) is -1.43. The summed E-state index contributed by atoms with van der Waals surface area (Å²) in [6.07, 6.45) is 0. The van der Waals surface area contributed by atoms with Crippen LogP contribution in [0.15, 0.2) is 48.5 Å². The second-order valence-corrected chi connectivity index (χ2v) is 6.55. The van der Waals surface area contributed by atoms with Crippen LogP contribution in [0.2, 0.25) is 0 Å². The van der Waals surface area contributed by atoms with Gasteiger partial charge < -0.3 is 10.2 Å². The molecule has 3 rings (SSSR count). The molecule has 0 aliphatic carbocycles. The fraction of sp³-hybridized carbons (Fsp3) is 0.350. The van der Waals surface area contributed by atoms with Gasteiger partial charge in [-0.05, 0) is 25.1 Å². The van der Waals surface area contributed by atoms with E-state index >= 15 is 0 Å². The zero-order valence-electron chi connectivity index (χ0n) is 14.8.